The highest BCUT2D eigenvalue weighted by atomic mass is 32.2. The second kappa shape index (κ2) is 5.22. The summed E-state index contributed by atoms with van der Waals surface area (Å²) in [7, 11) is -3.40. The van der Waals surface area contributed by atoms with Crippen LogP contribution in [0.2, 0.25) is 0 Å². The zero-order chi connectivity index (χ0) is 13.2. The first kappa shape index (κ1) is 13.3. The molecular formula is C13H18N2O2S. The second-order valence-electron chi connectivity index (χ2n) is 4.28. The average Bonchev–Trinajstić information content (AvgIpc) is 2.82. The van der Waals surface area contributed by atoms with E-state index in [1.54, 1.807) is 18.2 Å². The summed E-state index contributed by atoms with van der Waals surface area (Å²) in [6.45, 7) is 7.78. The number of nitrogens with one attached hydrogen (secondary N) is 1. The van der Waals surface area contributed by atoms with Crippen LogP contribution >= 0.6 is 0 Å². The topological polar surface area (TPSA) is 49.4 Å². The molecule has 98 valence electrons. The van der Waals surface area contributed by atoms with E-state index in [4.69, 9.17) is 0 Å². The summed E-state index contributed by atoms with van der Waals surface area (Å²) in [5, 5.41) is 3.21. The summed E-state index contributed by atoms with van der Waals surface area (Å²) in [6.07, 6.45) is 1.61. The zero-order valence-corrected chi connectivity index (χ0v) is 11.3. The minimum absolute atomic E-state index is 0.341. The Balaban J connectivity index is 2.37. The van der Waals surface area contributed by atoms with Gasteiger partial charge < -0.3 is 5.32 Å². The van der Waals surface area contributed by atoms with E-state index in [1.165, 1.54) is 9.87 Å². The summed E-state index contributed by atoms with van der Waals surface area (Å²) >= 11 is 0. The van der Waals surface area contributed by atoms with Gasteiger partial charge in [0.2, 0.25) is 10.0 Å². The van der Waals surface area contributed by atoms with E-state index < -0.39 is 10.0 Å². The fourth-order valence-electron chi connectivity index (χ4n) is 2.12. The molecule has 0 saturated carbocycles. The Hall–Kier alpha value is -1.17. The lowest BCUT2D eigenvalue weighted by Crippen LogP contribution is -2.31. The fraction of sp³-hybridized carbons (Fsp3) is 0.385. The molecule has 0 spiro atoms. The number of rotatable bonds is 5. The van der Waals surface area contributed by atoms with Crippen molar-refractivity contribution in [2.75, 3.05) is 13.1 Å². The van der Waals surface area contributed by atoms with Crippen LogP contribution in [-0.2, 0) is 23.1 Å². The van der Waals surface area contributed by atoms with E-state index in [9.17, 15) is 8.42 Å². The molecule has 0 aliphatic carbocycles. The van der Waals surface area contributed by atoms with Gasteiger partial charge in [0.15, 0.2) is 0 Å². The van der Waals surface area contributed by atoms with E-state index in [0.717, 1.165) is 18.7 Å². The van der Waals surface area contributed by atoms with Gasteiger partial charge in [0, 0.05) is 26.2 Å². The minimum Gasteiger partial charge on any atom is -0.309 e. The molecule has 2 rings (SSSR count). The fourth-order valence-corrected chi connectivity index (χ4v) is 3.59. The SMILES string of the molecule is C=CCN(CC)S(=O)(=O)c1ccc2c(c1)CNC2. The lowest BCUT2D eigenvalue weighted by atomic mass is 10.1. The van der Waals surface area contributed by atoms with Gasteiger partial charge in [-0.25, -0.2) is 8.42 Å². The number of hydrogen-bond acceptors (Lipinski definition) is 3. The quantitative estimate of drug-likeness (QED) is 0.821. The number of fused-ring (bicyclic) bond motifs is 1. The summed E-state index contributed by atoms with van der Waals surface area (Å²) in [4.78, 5) is 0.369. The third-order valence-electron chi connectivity index (χ3n) is 3.13. The van der Waals surface area contributed by atoms with Crippen LogP contribution < -0.4 is 5.32 Å². The average molecular weight is 266 g/mol. The van der Waals surface area contributed by atoms with Crippen molar-refractivity contribution in [1.82, 2.24) is 9.62 Å². The van der Waals surface area contributed by atoms with Crippen LogP contribution in [0.4, 0.5) is 0 Å². The summed E-state index contributed by atoms with van der Waals surface area (Å²) in [5.74, 6) is 0. The van der Waals surface area contributed by atoms with Crippen LogP contribution in [0.3, 0.4) is 0 Å². The lowest BCUT2D eigenvalue weighted by molar-refractivity contribution is 0.460. The summed E-state index contributed by atoms with van der Waals surface area (Å²) in [6, 6.07) is 5.35. The Bertz CT molecular complexity index is 552. The Morgan fingerprint density at radius 3 is 2.78 bits per heavy atom. The van der Waals surface area contributed by atoms with Crippen molar-refractivity contribution in [3.8, 4) is 0 Å². The maximum absolute atomic E-state index is 12.4. The molecule has 1 aliphatic heterocycles. The molecule has 1 aromatic rings. The highest BCUT2D eigenvalue weighted by Gasteiger charge is 2.23. The van der Waals surface area contributed by atoms with Gasteiger partial charge in [-0.1, -0.05) is 19.1 Å². The molecule has 4 nitrogen and oxygen atoms in total. The highest BCUT2D eigenvalue weighted by molar-refractivity contribution is 7.89. The molecule has 1 aliphatic rings. The lowest BCUT2D eigenvalue weighted by Gasteiger charge is -2.19. The standard InChI is InChI=1S/C13H18N2O2S/c1-3-7-15(4-2)18(16,17)13-6-5-11-9-14-10-12(11)8-13/h3,5-6,8,14H,1,4,7,9-10H2,2H3. The number of nitrogens with zero attached hydrogens (tertiary/aromatic N) is 1. The zero-order valence-electron chi connectivity index (χ0n) is 10.5. The van der Waals surface area contributed by atoms with Crippen molar-refractivity contribution < 1.29 is 8.42 Å². The Morgan fingerprint density at radius 2 is 2.11 bits per heavy atom. The molecule has 0 bridgehead atoms. The molecule has 0 aromatic heterocycles. The third-order valence-corrected chi connectivity index (χ3v) is 5.07. The van der Waals surface area contributed by atoms with Gasteiger partial charge in [-0.15, -0.1) is 6.58 Å². The van der Waals surface area contributed by atoms with Crippen LogP contribution in [0, 0.1) is 0 Å². The van der Waals surface area contributed by atoms with Crippen molar-refractivity contribution in [1.29, 1.82) is 0 Å². The van der Waals surface area contributed by atoms with Crippen molar-refractivity contribution in [3.63, 3.8) is 0 Å². The van der Waals surface area contributed by atoms with Crippen LogP contribution in [0.25, 0.3) is 0 Å². The van der Waals surface area contributed by atoms with Gasteiger partial charge >= 0.3 is 0 Å². The van der Waals surface area contributed by atoms with Gasteiger partial charge in [0.25, 0.3) is 0 Å². The second-order valence-corrected chi connectivity index (χ2v) is 6.22. The first-order valence-electron chi connectivity index (χ1n) is 6.03. The van der Waals surface area contributed by atoms with Gasteiger partial charge in [-0.2, -0.15) is 4.31 Å². The van der Waals surface area contributed by atoms with Crippen molar-refractivity contribution in [3.05, 3.63) is 42.0 Å². The molecule has 1 N–H and O–H groups in total. The number of hydrogen-bond donors (Lipinski definition) is 1. The van der Waals surface area contributed by atoms with Crippen molar-refractivity contribution in [2.45, 2.75) is 24.9 Å². The first-order chi connectivity index (χ1) is 8.59. The largest absolute Gasteiger partial charge is 0.309 e. The predicted octanol–water partition coefficient (Wildman–Crippen LogP) is 1.49. The molecular weight excluding hydrogens is 248 g/mol. The van der Waals surface area contributed by atoms with Gasteiger partial charge in [0.1, 0.15) is 0 Å². The minimum atomic E-state index is -3.40. The first-order valence-corrected chi connectivity index (χ1v) is 7.47. The van der Waals surface area contributed by atoms with Crippen LogP contribution in [0.5, 0.6) is 0 Å². The maximum Gasteiger partial charge on any atom is 0.243 e. The maximum atomic E-state index is 12.4. The molecule has 0 radical (unpaired) electrons. The van der Waals surface area contributed by atoms with E-state index in [0.29, 0.717) is 18.0 Å². The monoisotopic (exact) mass is 266 g/mol. The molecule has 0 amide bonds. The third kappa shape index (κ3) is 2.34. The molecule has 1 aromatic carbocycles. The molecule has 18 heavy (non-hydrogen) atoms. The Labute approximate surface area is 108 Å². The van der Waals surface area contributed by atoms with Crippen LogP contribution in [0.1, 0.15) is 18.1 Å². The smallest absolute Gasteiger partial charge is 0.243 e. The van der Waals surface area contributed by atoms with E-state index in [1.807, 2.05) is 13.0 Å². The van der Waals surface area contributed by atoms with Crippen LogP contribution in [-0.4, -0.2) is 25.8 Å². The molecule has 0 unspecified atom stereocenters. The van der Waals surface area contributed by atoms with E-state index in [-0.39, 0.29) is 0 Å². The summed E-state index contributed by atoms with van der Waals surface area (Å²) < 4.78 is 26.2. The molecule has 0 fully saturated rings. The van der Waals surface area contributed by atoms with E-state index in [2.05, 4.69) is 11.9 Å². The highest BCUT2D eigenvalue weighted by Crippen LogP contribution is 2.22. The Morgan fingerprint density at radius 1 is 1.39 bits per heavy atom. The normalized spacial score (nSPS) is 14.8. The van der Waals surface area contributed by atoms with Gasteiger partial charge in [-0.3, -0.25) is 0 Å². The molecule has 0 saturated heterocycles. The number of benzene rings is 1. The molecule has 5 heteroatoms. The molecule has 1 heterocycles. The van der Waals surface area contributed by atoms with E-state index >= 15 is 0 Å². The van der Waals surface area contributed by atoms with Crippen molar-refractivity contribution >= 4 is 10.0 Å². The van der Waals surface area contributed by atoms with Gasteiger partial charge in [-0.05, 0) is 23.3 Å². The predicted molar refractivity (Wildman–Crippen MR) is 71.6 cm³/mol. The van der Waals surface area contributed by atoms with Gasteiger partial charge in [0.05, 0.1) is 4.90 Å². The number of sulfonamides is 1. The van der Waals surface area contributed by atoms with Crippen molar-refractivity contribution in [2.24, 2.45) is 0 Å². The molecule has 0 atom stereocenters. The Kier molecular flexibility index (Phi) is 3.85. The summed E-state index contributed by atoms with van der Waals surface area (Å²) in [5.41, 5.74) is 2.26. The number of likely N-dealkylation sites (N-methyl/N-ethyl adjacent to an activating group) is 1. The van der Waals surface area contributed by atoms with Crippen LogP contribution in [0.15, 0.2) is 35.7 Å².